The van der Waals surface area contributed by atoms with Crippen LogP contribution in [-0.4, -0.2) is 49.7 Å². The molecular formula is C18H16F3N3O6S. The average molecular weight is 459 g/mol. The highest BCUT2D eigenvalue weighted by molar-refractivity contribution is 7.17. The highest BCUT2D eigenvalue weighted by Crippen LogP contribution is 2.35. The molecule has 1 aromatic carbocycles. The van der Waals surface area contributed by atoms with Crippen LogP contribution in [0.15, 0.2) is 30.3 Å². The van der Waals surface area contributed by atoms with E-state index in [1.807, 2.05) is 0 Å². The van der Waals surface area contributed by atoms with Crippen molar-refractivity contribution in [2.45, 2.75) is 6.18 Å². The second-order valence-electron chi connectivity index (χ2n) is 6.35. The molecule has 1 aromatic heterocycles. The lowest BCUT2D eigenvalue weighted by atomic mass is 10.1. The average Bonchev–Trinajstić information content (AvgIpc) is 3.23. The van der Waals surface area contributed by atoms with Crippen molar-refractivity contribution in [3.8, 4) is 0 Å². The number of benzene rings is 1. The summed E-state index contributed by atoms with van der Waals surface area (Å²) in [5.41, 5.74) is -0.642. The van der Waals surface area contributed by atoms with Crippen molar-refractivity contribution in [1.82, 2.24) is 0 Å². The number of nitro groups is 1. The third kappa shape index (κ3) is 5.70. The van der Waals surface area contributed by atoms with Gasteiger partial charge in [0.05, 0.1) is 35.1 Å². The number of halogens is 3. The molecule has 1 N–H and O–H groups in total. The van der Waals surface area contributed by atoms with Crippen molar-refractivity contribution < 1.29 is 37.2 Å². The Morgan fingerprint density at radius 2 is 1.94 bits per heavy atom. The van der Waals surface area contributed by atoms with Gasteiger partial charge in [0.25, 0.3) is 5.91 Å². The van der Waals surface area contributed by atoms with Crippen LogP contribution in [0.4, 0.5) is 29.5 Å². The molecule has 13 heteroatoms. The minimum absolute atomic E-state index is 0.0763. The Kier molecular flexibility index (Phi) is 6.75. The molecule has 0 radical (unpaired) electrons. The molecule has 3 rings (SSSR count). The predicted molar refractivity (Wildman–Crippen MR) is 104 cm³/mol. The standard InChI is InChI=1S/C18H16F3N3O6S/c19-18(20,21)11-1-2-13(23-5-7-29-8-6-23)12(9-11)22-15(25)10-30-17(26)14-3-4-16(31-14)24(27)28/h1-4,9H,5-8,10H2,(H,22,25). The lowest BCUT2D eigenvalue weighted by molar-refractivity contribution is -0.380. The van der Waals surface area contributed by atoms with Gasteiger partial charge in [-0.2, -0.15) is 13.2 Å². The number of esters is 1. The number of rotatable bonds is 6. The summed E-state index contributed by atoms with van der Waals surface area (Å²) < 4.78 is 49.4. The van der Waals surface area contributed by atoms with Gasteiger partial charge in [0.15, 0.2) is 6.61 Å². The van der Waals surface area contributed by atoms with Crippen molar-refractivity contribution in [3.63, 3.8) is 0 Å². The third-order valence-electron chi connectivity index (χ3n) is 4.26. The van der Waals surface area contributed by atoms with E-state index in [2.05, 4.69) is 5.32 Å². The molecule has 0 spiro atoms. The molecule has 1 saturated heterocycles. The molecule has 1 aliphatic rings. The number of alkyl halides is 3. The van der Waals surface area contributed by atoms with Gasteiger partial charge in [-0.25, -0.2) is 4.79 Å². The second kappa shape index (κ2) is 9.31. The Bertz CT molecular complexity index is 988. The van der Waals surface area contributed by atoms with Crippen LogP contribution in [0.5, 0.6) is 0 Å². The molecule has 0 aliphatic carbocycles. The van der Waals surface area contributed by atoms with Crippen LogP contribution in [0.25, 0.3) is 0 Å². The topological polar surface area (TPSA) is 111 Å². The van der Waals surface area contributed by atoms with Gasteiger partial charge in [-0.15, -0.1) is 0 Å². The smallest absolute Gasteiger partial charge is 0.416 e. The zero-order valence-electron chi connectivity index (χ0n) is 15.8. The summed E-state index contributed by atoms with van der Waals surface area (Å²) in [5.74, 6) is -1.81. The minimum Gasteiger partial charge on any atom is -0.451 e. The number of hydrogen-bond acceptors (Lipinski definition) is 8. The number of hydrogen-bond donors (Lipinski definition) is 1. The Morgan fingerprint density at radius 1 is 1.23 bits per heavy atom. The molecule has 0 unspecified atom stereocenters. The first kappa shape index (κ1) is 22.5. The van der Waals surface area contributed by atoms with Gasteiger partial charge < -0.3 is 19.7 Å². The third-order valence-corrected chi connectivity index (χ3v) is 5.27. The van der Waals surface area contributed by atoms with Crippen LogP contribution in [-0.2, 0) is 20.4 Å². The molecule has 1 amide bonds. The van der Waals surface area contributed by atoms with Gasteiger partial charge in [-0.05, 0) is 24.3 Å². The normalized spacial score (nSPS) is 14.2. The van der Waals surface area contributed by atoms with Crippen molar-refractivity contribution in [2.75, 3.05) is 43.1 Å². The first-order valence-electron chi connectivity index (χ1n) is 8.90. The fourth-order valence-electron chi connectivity index (χ4n) is 2.82. The van der Waals surface area contributed by atoms with Gasteiger partial charge in [0.2, 0.25) is 0 Å². The molecule has 31 heavy (non-hydrogen) atoms. The minimum atomic E-state index is -4.61. The summed E-state index contributed by atoms with van der Waals surface area (Å²) in [6, 6.07) is 5.31. The van der Waals surface area contributed by atoms with E-state index in [0.29, 0.717) is 43.3 Å². The van der Waals surface area contributed by atoms with E-state index >= 15 is 0 Å². The molecule has 2 heterocycles. The van der Waals surface area contributed by atoms with Crippen LogP contribution >= 0.6 is 11.3 Å². The van der Waals surface area contributed by atoms with E-state index in [0.717, 1.165) is 18.2 Å². The molecule has 0 saturated carbocycles. The van der Waals surface area contributed by atoms with E-state index in [-0.39, 0.29) is 15.6 Å². The number of amides is 1. The number of ether oxygens (including phenoxy) is 2. The Hall–Kier alpha value is -3.19. The number of nitrogens with zero attached hydrogens (tertiary/aromatic N) is 2. The molecule has 0 bridgehead atoms. The van der Waals surface area contributed by atoms with Crippen molar-refractivity contribution in [1.29, 1.82) is 0 Å². The van der Waals surface area contributed by atoms with Gasteiger partial charge in [0.1, 0.15) is 4.88 Å². The summed E-state index contributed by atoms with van der Waals surface area (Å²) in [6.07, 6.45) is -4.61. The lowest BCUT2D eigenvalue weighted by Crippen LogP contribution is -2.37. The summed E-state index contributed by atoms with van der Waals surface area (Å²) in [7, 11) is 0. The van der Waals surface area contributed by atoms with Crippen molar-refractivity contribution in [2.24, 2.45) is 0 Å². The van der Waals surface area contributed by atoms with E-state index in [1.54, 1.807) is 4.90 Å². The molecule has 9 nitrogen and oxygen atoms in total. The van der Waals surface area contributed by atoms with E-state index < -0.39 is 35.1 Å². The molecular weight excluding hydrogens is 443 g/mol. The maximum Gasteiger partial charge on any atom is 0.416 e. The monoisotopic (exact) mass is 459 g/mol. The van der Waals surface area contributed by atoms with Crippen LogP contribution in [0.1, 0.15) is 15.2 Å². The van der Waals surface area contributed by atoms with E-state index in [4.69, 9.17) is 9.47 Å². The number of carbonyl (C=O) groups is 2. The highest BCUT2D eigenvalue weighted by Gasteiger charge is 2.32. The zero-order chi connectivity index (χ0) is 22.6. The summed E-state index contributed by atoms with van der Waals surface area (Å²) in [6.45, 7) is 0.863. The van der Waals surface area contributed by atoms with Crippen LogP contribution in [0.2, 0.25) is 0 Å². The van der Waals surface area contributed by atoms with Gasteiger partial charge in [0, 0.05) is 19.2 Å². The van der Waals surface area contributed by atoms with Gasteiger partial charge in [-0.3, -0.25) is 14.9 Å². The lowest BCUT2D eigenvalue weighted by Gasteiger charge is -2.31. The first-order valence-corrected chi connectivity index (χ1v) is 9.72. The fourth-order valence-corrected chi connectivity index (χ4v) is 3.53. The summed E-state index contributed by atoms with van der Waals surface area (Å²) >= 11 is 0.582. The Labute approximate surface area is 177 Å². The number of carbonyl (C=O) groups excluding carboxylic acids is 2. The number of thiophene rings is 1. The van der Waals surface area contributed by atoms with E-state index in [9.17, 15) is 32.9 Å². The molecule has 2 aromatic rings. The van der Waals surface area contributed by atoms with E-state index in [1.165, 1.54) is 12.1 Å². The van der Waals surface area contributed by atoms with Gasteiger partial charge in [-0.1, -0.05) is 11.3 Å². The van der Waals surface area contributed by atoms with Crippen LogP contribution < -0.4 is 10.2 Å². The SMILES string of the molecule is O=C(COC(=O)c1ccc([N+](=O)[O-])s1)Nc1cc(C(F)(F)F)ccc1N1CCOCC1. The zero-order valence-corrected chi connectivity index (χ0v) is 16.6. The van der Waals surface area contributed by atoms with Crippen LogP contribution in [0, 0.1) is 10.1 Å². The van der Waals surface area contributed by atoms with Crippen molar-refractivity contribution >= 4 is 39.6 Å². The molecule has 166 valence electrons. The summed E-state index contributed by atoms with van der Waals surface area (Å²) in [5, 5.41) is 12.8. The summed E-state index contributed by atoms with van der Waals surface area (Å²) in [4.78, 5) is 35.9. The predicted octanol–water partition coefficient (Wildman–Crippen LogP) is 3.31. The molecule has 1 aliphatic heterocycles. The maximum absolute atomic E-state index is 13.1. The number of nitrogens with one attached hydrogen (secondary N) is 1. The quantitative estimate of drug-likeness (QED) is 0.401. The Balaban J connectivity index is 1.70. The Morgan fingerprint density at radius 3 is 2.55 bits per heavy atom. The van der Waals surface area contributed by atoms with Gasteiger partial charge >= 0.3 is 17.1 Å². The molecule has 1 fully saturated rings. The second-order valence-corrected chi connectivity index (χ2v) is 7.41. The fraction of sp³-hybridized carbons (Fsp3) is 0.333. The van der Waals surface area contributed by atoms with Crippen LogP contribution in [0.3, 0.4) is 0 Å². The highest BCUT2D eigenvalue weighted by atomic mass is 32.1. The number of anilines is 2. The number of morpholine rings is 1. The first-order chi connectivity index (χ1) is 14.6. The maximum atomic E-state index is 13.1. The van der Waals surface area contributed by atoms with Crippen molar-refractivity contribution in [3.05, 3.63) is 50.9 Å². The molecule has 0 atom stereocenters. The largest absolute Gasteiger partial charge is 0.451 e.